The van der Waals surface area contributed by atoms with E-state index in [1.165, 1.54) is 0 Å². The van der Waals surface area contributed by atoms with Crippen LogP contribution in [0.15, 0.2) is 21.0 Å². The number of rotatable bonds is 5. The Morgan fingerprint density at radius 1 is 1.47 bits per heavy atom. The molecule has 1 unspecified atom stereocenters. The van der Waals surface area contributed by atoms with Crippen LogP contribution in [0, 0.1) is 6.92 Å². The van der Waals surface area contributed by atoms with Crippen molar-refractivity contribution in [3.05, 3.63) is 39.5 Å². The first-order chi connectivity index (χ1) is 9.02. The Kier molecular flexibility index (Phi) is 4.47. The minimum absolute atomic E-state index is 0.181. The van der Waals surface area contributed by atoms with Crippen molar-refractivity contribution >= 4 is 15.9 Å². The van der Waals surface area contributed by atoms with Gasteiger partial charge in [-0.2, -0.15) is 5.10 Å². The van der Waals surface area contributed by atoms with Gasteiger partial charge in [0.1, 0.15) is 11.5 Å². The lowest BCUT2D eigenvalue weighted by molar-refractivity contribution is 0.412. The van der Waals surface area contributed by atoms with Crippen LogP contribution in [-0.2, 0) is 20.0 Å². The van der Waals surface area contributed by atoms with Gasteiger partial charge >= 0.3 is 0 Å². The molecule has 0 aliphatic heterocycles. The summed E-state index contributed by atoms with van der Waals surface area (Å²) in [7, 11) is 1.97. The maximum atomic E-state index is 5.62. The monoisotopic (exact) mass is 325 g/mol. The minimum Gasteiger partial charge on any atom is -0.465 e. The number of halogens is 1. The van der Waals surface area contributed by atoms with E-state index in [0.717, 1.165) is 40.3 Å². The van der Waals surface area contributed by atoms with Gasteiger partial charge in [-0.1, -0.05) is 6.92 Å². The van der Waals surface area contributed by atoms with E-state index >= 15 is 0 Å². The van der Waals surface area contributed by atoms with Gasteiger partial charge in [0.15, 0.2) is 0 Å². The Balaban J connectivity index is 2.04. The molecule has 1 N–H and O–H groups in total. The van der Waals surface area contributed by atoms with Crippen molar-refractivity contribution in [3.63, 3.8) is 0 Å². The molecule has 0 bridgehead atoms. The molecule has 0 fully saturated rings. The highest BCUT2D eigenvalue weighted by Gasteiger charge is 2.14. The first-order valence-corrected chi connectivity index (χ1v) is 7.32. The highest BCUT2D eigenvalue weighted by atomic mass is 79.9. The van der Waals surface area contributed by atoms with E-state index in [4.69, 9.17) is 4.42 Å². The summed E-state index contributed by atoms with van der Waals surface area (Å²) < 4.78 is 8.65. The predicted molar refractivity (Wildman–Crippen MR) is 79.0 cm³/mol. The van der Waals surface area contributed by atoms with Crippen molar-refractivity contribution in [2.24, 2.45) is 7.05 Å². The fourth-order valence-electron chi connectivity index (χ4n) is 2.05. The summed E-state index contributed by atoms with van der Waals surface area (Å²) in [6.45, 7) is 6.92. The van der Waals surface area contributed by atoms with Crippen molar-refractivity contribution in [1.82, 2.24) is 15.1 Å². The van der Waals surface area contributed by atoms with Gasteiger partial charge in [0.2, 0.25) is 0 Å². The lowest BCUT2D eigenvalue weighted by Gasteiger charge is -2.11. The van der Waals surface area contributed by atoms with Gasteiger partial charge in [-0.05, 0) is 48.3 Å². The van der Waals surface area contributed by atoms with E-state index < -0.39 is 0 Å². The van der Waals surface area contributed by atoms with Crippen LogP contribution in [0.1, 0.15) is 42.8 Å². The fraction of sp³-hybridized carbons (Fsp3) is 0.500. The zero-order chi connectivity index (χ0) is 14.0. The van der Waals surface area contributed by atoms with E-state index in [1.807, 2.05) is 30.8 Å². The van der Waals surface area contributed by atoms with Crippen LogP contribution in [0.2, 0.25) is 0 Å². The molecular weight excluding hydrogens is 306 g/mol. The van der Waals surface area contributed by atoms with Crippen molar-refractivity contribution in [2.45, 2.75) is 39.8 Å². The van der Waals surface area contributed by atoms with E-state index in [1.54, 1.807) is 0 Å². The first kappa shape index (κ1) is 14.3. The molecule has 2 rings (SSSR count). The van der Waals surface area contributed by atoms with Gasteiger partial charge in [0.25, 0.3) is 0 Å². The molecule has 0 radical (unpaired) electrons. The third-order valence-electron chi connectivity index (χ3n) is 3.27. The number of aryl methyl sites for hydroxylation is 3. The predicted octanol–water partition coefficient (Wildman–Crippen LogP) is 3.50. The number of nitrogens with one attached hydrogen (secondary N) is 1. The topological polar surface area (TPSA) is 43.0 Å². The lowest BCUT2D eigenvalue weighted by atomic mass is 10.2. The Labute approximate surface area is 122 Å². The highest BCUT2D eigenvalue weighted by Crippen LogP contribution is 2.23. The van der Waals surface area contributed by atoms with Crippen LogP contribution in [0.5, 0.6) is 0 Å². The summed E-state index contributed by atoms with van der Waals surface area (Å²) in [4.78, 5) is 0. The minimum atomic E-state index is 0.181. The van der Waals surface area contributed by atoms with Crippen LogP contribution >= 0.6 is 15.9 Å². The Hall–Kier alpha value is -1.07. The maximum absolute atomic E-state index is 5.62. The molecule has 19 heavy (non-hydrogen) atoms. The second-order valence-electron chi connectivity index (χ2n) is 4.74. The third-order valence-corrected chi connectivity index (χ3v) is 4.18. The number of hydrogen-bond acceptors (Lipinski definition) is 3. The van der Waals surface area contributed by atoms with Crippen molar-refractivity contribution < 1.29 is 4.42 Å². The summed E-state index contributed by atoms with van der Waals surface area (Å²) in [6.07, 6.45) is 0.932. The Bertz CT molecular complexity index is 559. The highest BCUT2D eigenvalue weighted by molar-refractivity contribution is 9.10. The molecule has 0 aliphatic rings. The van der Waals surface area contributed by atoms with Crippen LogP contribution < -0.4 is 5.32 Å². The molecular formula is C14H20BrN3O. The van der Waals surface area contributed by atoms with E-state index in [0.29, 0.717) is 0 Å². The van der Waals surface area contributed by atoms with E-state index in [9.17, 15) is 0 Å². The summed E-state index contributed by atoms with van der Waals surface area (Å²) in [5.74, 6) is 1.91. The second kappa shape index (κ2) is 5.92. The van der Waals surface area contributed by atoms with Crippen molar-refractivity contribution in [2.75, 3.05) is 0 Å². The van der Waals surface area contributed by atoms with Crippen molar-refractivity contribution in [3.8, 4) is 0 Å². The summed E-state index contributed by atoms with van der Waals surface area (Å²) >= 11 is 3.63. The molecule has 2 heterocycles. The SMILES string of the molecule is CCc1nn(C)c(CNC(C)c2ccc(C)o2)c1Br. The normalized spacial score (nSPS) is 12.9. The summed E-state index contributed by atoms with van der Waals surface area (Å²) in [5, 5.41) is 7.95. The van der Waals surface area contributed by atoms with Gasteiger partial charge < -0.3 is 9.73 Å². The smallest absolute Gasteiger partial charge is 0.120 e. The molecule has 0 aliphatic carbocycles. The van der Waals surface area contributed by atoms with Crippen LogP contribution in [0.4, 0.5) is 0 Å². The molecule has 0 saturated heterocycles. The molecule has 2 aromatic heterocycles. The molecule has 2 aromatic rings. The van der Waals surface area contributed by atoms with Crippen molar-refractivity contribution in [1.29, 1.82) is 0 Å². The molecule has 0 spiro atoms. The quantitative estimate of drug-likeness (QED) is 0.914. The summed E-state index contributed by atoms with van der Waals surface area (Å²) in [5.41, 5.74) is 2.26. The average molecular weight is 326 g/mol. The lowest BCUT2D eigenvalue weighted by Crippen LogP contribution is -2.19. The number of aromatic nitrogens is 2. The van der Waals surface area contributed by atoms with Crippen LogP contribution in [0.25, 0.3) is 0 Å². The van der Waals surface area contributed by atoms with E-state index in [2.05, 4.69) is 40.2 Å². The molecule has 104 valence electrons. The van der Waals surface area contributed by atoms with Crippen LogP contribution in [0.3, 0.4) is 0 Å². The van der Waals surface area contributed by atoms with Gasteiger partial charge in [0, 0.05) is 13.6 Å². The number of hydrogen-bond donors (Lipinski definition) is 1. The molecule has 1 atom stereocenters. The van der Waals surface area contributed by atoms with Gasteiger partial charge in [-0.3, -0.25) is 4.68 Å². The van der Waals surface area contributed by atoms with Gasteiger partial charge in [-0.25, -0.2) is 0 Å². The average Bonchev–Trinajstić information content (AvgIpc) is 2.92. The molecule has 0 amide bonds. The Morgan fingerprint density at radius 2 is 2.21 bits per heavy atom. The number of furan rings is 1. The molecule has 5 heteroatoms. The summed E-state index contributed by atoms with van der Waals surface area (Å²) in [6, 6.07) is 4.19. The fourth-order valence-corrected chi connectivity index (χ4v) is 2.80. The molecule has 0 aromatic carbocycles. The van der Waals surface area contributed by atoms with Gasteiger partial charge in [-0.15, -0.1) is 0 Å². The standard InChI is InChI=1S/C14H20BrN3O/c1-5-11-14(15)12(18(4)17-11)8-16-10(3)13-7-6-9(2)19-13/h6-7,10,16H,5,8H2,1-4H3. The third kappa shape index (κ3) is 3.09. The second-order valence-corrected chi connectivity index (χ2v) is 5.53. The zero-order valence-corrected chi connectivity index (χ0v) is 13.4. The largest absolute Gasteiger partial charge is 0.465 e. The van der Waals surface area contributed by atoms with Crippen LogP contribution in [-0.4, -0.2) is 9.78 Å². The van der Waals surface area contributed by atoms with Gasteiger partial charge in [0.05, 0.1) is 21.9 Å². The van der Waals surface area contributed by atoms with E-state index in [-0.39, 0.29) is 6.04 Å². The molecule has 4 nitrogen and oxygen atoms in total. The Morgan fingerprint density at radius 3 is 2.74 bits per heavy atom. The number of nitrogens with zero attached hydrogens (tertiary/aromatic N) is 2. The molecule has 0 saturated carbocycles. The zero-order valence-electron chi connectivity index (χ0n) is 11.8. The maximum Gasteiger partial charge on any atom is 0.120 e. The first-order valence-electron chi connectivity index (χ1n) is 6.52.